The molecule has 6 aliphatic carbocycles. The van der Waals surface area contributed by atoms with Crippen LogP contribution in [0.5, 0.6) is 17.2 Å². The molecule has 0 radical (unpaired) electrons. The summed E-state index contributed by atoms with van der Waals surface area (Å²) in [6, 6.07) is 2.56. The Labute approximate surface area is 395 Å². The monoisotopic (exact) mass is 938 g/mol. The average molecular weight is 939 g/mol. The zero-order valence-electron chi connectivity index (χ0n) is 39.0. The second-order valence-corrected chi connectivity index (χ2v) is 23.6. The van der Waals surface area contributed by atoms with Crippen molar-refractivity contribution in [2.75, 3.05) is 19.8 Å². The maximum atomic E-state index is 13.0. The molecule has 4 bridgehead atoms. The molecule has 15 atom stereocenters. The van der Waals surface area contributed by atoms with Crippen LogP contribution in [0.15, 0.2) is 34.9 Å². The smallest absolute Gasteiger partial charge is 0.335 e. The summed E-state index contributed by atoms with van der Waals surface area (Å²) >= 11 is 0. The van der Waals surface area contributed by atoms with Crippen molar-refractivity contribution >= 4 is 22.5 Å². The van der Waals surface area contributed by atoms with Crippen molar-refractivity contribution in [1.29, 1.82) is 0 Å². The highest BCUT2D eigenvalue weighted by molar-refractivity contribution is 6.11. The van der Waals surface area contributed by atoms with Gasteiger partial charge in [0.2, 0.25) is 6.29 Å². The molecular weight excluding hydrogens is 873 g/mol. The van der Waals surface area contributed by atoms with Crippen LogP contribution in [0.3, 0.4) is 0 Å². The van der Waals surface area contributed by atoms with Gasteiger partial charge in [0.15, 0.2) is 5.78 Å². The summed E-state index contributed by atoms with van der Waals surface area (Å²) in [7, 11) is 0. The summed E-state index contributed by atoms with van der Waals surface area (Å²) in [6.07, 6.45) is 9.57. The highest BCUT2D eigenvalue weighted by Crippen LogP contribution is 2.78. The number of hydrogen-bond donors (Lipinski definition) is 9. The van der Waals surface area contributed by atoms with Crippen molar-refractivity contribution in [3.8, 4) is 17.2 Å². The van der Waals surface area contributed by atoms with E-state index in [9.17, 15) is 45.3 Å². The standard InChI is InChI=1S/C53H66N2O13/c1-25-37(26(2)57)41(60)39-30(40(25)59)16-27(46(63)64)17-35(39)66-47-42(61)44(62)53-19-32-38-29(34(68-53)9-8-33(58)45(53)67-47)6-7-31(38)51(14-15-56)24-65-21-28-18-48-22-50(13-5-12-49(50)10-3-4-11-49)20-36(48)54-55-52(32,23-48)43(28)51/h7,16-17,28,32-34,36,42-45,47,54-56,58-62H,3-6,8-15,18-24H2,1-2H3,(H,63,64). The number of Topliss-reactive ketones (excluding diaryl/α,β-unsaturated/α-hetero) is 1. The number of aromatic carboxylic acids is 1. The van der Waals surface area contributed by atoms with Crippen LogP contribution in [0, 0.1) is 46.3 Å². The lowest BCUT2D eigenvalue weighted by atomic mass is 9.39. The summed E-state index contributed by atoms with van der Waals surface area (Å²) in [4.78, 5) is 25.3. The molecule has 5 spiro atoms. The van der Waals surface area contributed by atoms with Gasteiger partial charge < -0.3 is 54.7 Å². The highest BCUT2D eigenvalue weighted by Gasteiger charge is 2.77. The summed E-state index contributed by atoms with van der Waals surface area (Å²) in [5.41, 5.74) is 9.23. The summed E-state index contributed by atoms with van der Waals surface area (Å²) in [6.45, 7) is 3.81. The normalized spacial score (nSPS) is 44.8. The van der Waals surface area contributed by atoms with Crippen LogP contribution in [0.2, 0.25) is 0 Å². The fourth-order valence-electron chi connectivity index (χ4n) is 18.8. The van der Waals surface area contributed by atoms with Gasteiger partial charge in [-0.2, -0.15) is 0 Å². The van der Waals surface area contributed by atoms with E-state index in [2.05, 4.69) is 16.9 Å². The van der Waals surface area contributed by atoms with E-state index in [1.54, 1.807) is 0 Å². The number of carbonyl (C=O) groups excluding carboxylic acids is 1. The molecule has 13 rings (SSSR count). The van der Waals surface area contributed by atoms with E-state index < -0.39 is 76.6 Å². The first-order chi connectivity index (χ1) is 32.6. The Kier molecular flexibility index (Phi) is 9.59. The van der Waals surface area contributed by atoms with E-state index >= 15 is 0 Å². The lowest BCUT2D eigenvalue weighted by molar-refractivity contribution is -0.337. The minimum absolute atomic E-state index is 0.0100. The number of carboxylic acids is 1. The van der Waals surface area contributed by atoms with Gasteiger partial charge in [0, 0.05) is 47.1 Å². The molecule has 15 nitrogen and oxygen atoms in total. The first-order valence-corrected chi connectivity index (χ1v) is 25.5. The van der Waals surface area contributed by atoms with E-state index in [1.807, 2.05) is 0 Å². The molecule has 0 amide bonds. The second-order valence-electron chi connectivity index (χ2n) is 23.6. The molecule has 5 aliphatic heterocycles. The number of hydrogen-bond acceptors (Lipinski definition) is 14. The van der Waals surface area contributed by atoms with Crippen molar-refractivity contribution < 1.29 is 64.3 Å². The van der Waals surface area contributed by atoms with Crippen LogP contribution in [0.25, 0.3) is 10.8 Å². The van der Waals surface area contributed by atoms with E-state index in [1.165, 1.54) is 82.4 Å². The summed E-state index contributed by atoms with van der Waals surface area (Å²) in [5, 5.41) is 81.5. The number of phenolic OH excluding ortho intramolecular Hbond substituents is 2. The number of aliphatic hydroxyl groups excluding tert-OH is 4. The SMILES string of the molecule is CC(=O)c1c(C)c(O)c2cc(C(=O)O)cc(OC3OC4C(O)CCC5OC4(CC4C6=C5CC=C6C5(CCO)COCC6CC78CC4(NNC7CC4(CCCC47CCCC7)C8)C65)C(O)C3O)c2c1O. The lowest BCUT2D eigenvalue weighted by Gasteiger charge is -2.72. The molecule has 9 N–H and O–H groups in total. The Morgan fingerprint density at radius 1 is 0.956 bits per heavy atom. The Hall–Kier alpha value is -3.64. The van der Waals surface area contributed by atoms with Crippen molar-refractivity contribution in [2.24, 2.45) is 39.4 Å². The molecule has 2 aromatic rings. The minimum atomic E-state index is -1.82. The molecule has 366 valence electrons. The number of nitrogens with one attached hydrogen (secondary N) is 2. The Morgan fingerprint density at radius 3 is 2.50 bits per heavy atom. The van der Waals surface area contributed by atoms with Crippen molar-refractivity contribution in [1.82, 2.24) is 10.9 Å². The molecule has 15 heteroatoms. The van der Waals surface area contributed by atoms with E-state index in [0.717, 1.165) is 30.9 Å². The van der Waals surface area contributed by atoms with Crippen molar-refractivity contribution in [2.45, 2.75) is 171 Å². The van der Waals surface area contributed by atoms with E-state index in [-0.39, 0.29) is 87.3 Å². The van der Waals surface area contributed by atoms with E-state index in [0.29, 0.717) is 37.9 Å². The van der Waals surface area contributed by atoms with Gasteiger partial charge in [0.05, 0.1) is 35.3 Å². The molecule has 11 aliphatic rings. The molecular formula is C53H66N2O13. The Bertz CT molecular complexity index is 2600. The summed E-state index contributed by atoms with van der Waals surface area (Å²) in [5.74, 6) is -3.21. The number of phenols is 2. The summed E-state index contributed by atoms with van der Waals surface area (Å²) < 4.78 is 27.2. The first kappa shape index (κ1) is 44.3. The number of ketones is 1. The molecule has 68 heavy (non-hydrogen) atoms. The number of carbonyl (C=O) groups is 2. The quantitative estimate of drug-likeness (QED) is 0.131. The third-order valence-corrected chi connectivity index (χ3v) is 21.0. The van der Waals surface area contributed by atoms with Gasteiger partial charge in [0.25, 0.3) is 0 Å². The molecule has 4 saturated heterocycles. The van der Waals surface area contributed by atoms with Gasteiger partial charge in [-0.15, -0.1) is 0 Å². The fourth-order valence-corrected chi connectivity index (χ4v) is 18.8. The number of ether oxygens (including phenoxy) is 4. The Balaban J connectivity index is 0.931. The third kappa shape index (κ3) is 5.46. The molecule has 0 aromatic heterocycles. The molecule has 5 heterocycles. The zero-order chi connectivity index (χ0) is 47.1. The van der Waals surface area contributed by atoms with Gasteiger partial charge in [0.1, 0.15) is 41.2 Å². The number of carboxylic acid groups (broad SMARTS) is 1. The van der Waals surface area contributed by atoms with Gasteiger partial charge in [-0.05, 0) is 154 Å². The molecule has 9 fully saturated rings. The number of benzene rings is 2. The molecule has 5 saturated carbocycles. The maximum Gasteiger partial charge on any atom is 0.335 e. The number of hydrazine groups is 1. The van der Waals surface area contributed by atoms with Crippen LogP contribution in [0.1, 0.15) is 136 Å². The number of fused-ring (bicyclic) bond motifs is 5. The average Bonchev–Trinajstić information content (AvgIpc) is 4.08. The number of allylic oxidation sites excluding steroid dienone is 1. The number of aromatic hydroxyl groups is 2. The van der Waals surface area contributed by atoms with Gasteiger partial charge >= 0.3 is 5.97 Å². The number of rotatable bonds is 6. The zero-order valence-corrected chi connectivity index (χ0v) is 39.0. The van der Waals surface area contributed by atoms with E-state index in [4.69, 9.17) is 18.9 Å². The van der Waals surface area contributed by atoms with Crippen LogP contribution in [0.4, 0.5) is 0 Å². The Morgan fingerprint density at radius 2 is 1.74 bits per heavy atom. The predicted octanol–water partition coefficient (Wildman–Crippen LogP) is 5.38. The number of aliphatic hydroxyl groups is 4. The molecule has 15 unspecified atom stereocenters. The first-order valence-electron chi connectivity index (χ1n) is 25.5. The maximum absolute atomic E-state index is 13.0. The lowest BCUT2D eigenvalue weighted by Crippen LogP contribution is -2.81. The van der Waals surface area contributed by atoms with Crippen LogP contribution in [-0.4, -0.2) is 121 Å². The van der Waals surface area contributed by atoms with Crippen molar-refractivity contribution in [3.63, 3.8) is 0 Å². The third-order valence-electron chi connectivity index (χ3n) is 21.0. The topological polar surface area (TPSA) is 237 Å². The second kappa shape index (κ2) is 14.7. The van der Waals surface area contributed by atoms with Gasteiger partial charge in [-0.1, -0.05) is 25.3 Å². The van der Waals surface area contributed by atoms with Gasteiger partial charge in [-0.3, -0.25) is 15.6 Å². The minimum Gasteiger partial charge on any atom is -0.507 e. The molecule has 2 aromatic carbocycles. The predicted molar refractivity (Wildman–Crippen MR) is 244 cm³/mol. The fraction of sp³-hybridized carbons (Fsp3) is 0.698. The van der Waals surface area contributed by atoms with Crippen LogP contribution < -0.4 is 15.6 Å². The van der Waals surface area contributed by atoms with Crippen LogP contribution >= 0.6 is 0 Å². The largest absolute Gasteiger partial charge is 0.507 e. The van der Waals surface area contributed by atoms with Crippen LogP contribution in [-0.2, 0) is 14.2 Å². The highest BCUT2D eigenvalue weighted by atomic mass is 16.7. The van der Waals surface area contributed by atoms with Crippen molar-refractivity contribution in [3.05, 3.63) is 51.6 Å². The van der Waals surface area contributed by atoms with Gasteiger partial charge in [-0.25, -0.2) is 4.79 Å².